The van der Waals surface area contributed by atoms with E-state index >= 15 is 0 Å². The van der Waals surface area contributed by atoms with Gasteiger partial charge in [0.05, 0.1) is 18.6 Å². The van der Waals surface area contributed by atoms with Crippen LogP contribution in [-0.2, 0) is 11.3 Å². The lowest BCUT2D eigenvalue weighted by molar-refractivity contribution is -0.113. The van der Waals surface area contributed by atoms with Crippen molar-refractivity contribution >= 4 is 23.4 Å². The smallest absolute Gasteiger partial charge is 0.234 e. The number of nitrogens with one attached hydrogen (secondary N) is 1. The lowest BCUT2D eigenvalue weighted by Gasteiger charge is -2.09. The Labute approximate surface area is 178 Å². The standard InChI is InChI=1S/C22H21N5O2S/c1-15-9-16(2)11-18(10-15)24-20(28)14-30-22-26-25-21(17-5-3-7-23-12-17)27(22)13-19-6-4-8-29-19/h3-12H,13-14H2,1-2H3,(H,24,28). The van der Waals surface area contributed by atoms with Gasteiger partial charge in [0.1, 0.15) is 5.76 Å². The van der Waals surface area contributed by atoms with E-state index < -0.39 is 0 Å². The van der Waals surface area contributed by atoms with Crippen LogP contribution in [0.2, 0.25) is 0 Å². The van der Waals surface area contributed by atoms with Crippen molar-refractivity contribution in [1.29, 1.82) is 0 Å². The average molecular weight is 420 g/mol. The summed E-state index contributed by atoms with van der Waals surface area (Å²) in [4.78, 5) is 16.7. The molecular formula is C22H21N5O2S. The Hall–Kier alpha value is -3.39. The van der Waals surface area contributed by atoms with Crippen LogP contribution in [0.4, 0.5) is 5.69 Å². The number of carbonyl (C=O) groups is 1. The highest BCUT2D eigenvalue weighted by molar-refractivity contribution is 7.99. The number of aromatic nitrogens is 4. The average Bonchev–Trinajstić information content (AvgIpc) is 3.37. The number of carbonyl (C=O) groups excluding carboxylic acids is 1. The van der Waals surface area contributed by atoms with E-state index in [9.17, 15) is 4.79 Å². The lowest BCUT2D eigenvalue weighted by Crippen LogP contribution is -2.15. The van der Waals surface area contributed by atoms with E-state index in [4.69, 9.17) is 4.42 Å². The number of nitrogens with zero attached hydrogens (tertiary/aromatic N) is 4. The second-order valence-corrected chi connectivity index (χ2v) is 7.87. The molecule has 152 valence electrons. The molecule has 0 saturated carbocycles. The third kappa shape index (κ3) is 4.77. The molecule has 3 heterocycles. The number of rotatable bonds is 7. The fourth-order valence-corrected chi connectivity index (χ4v) is 3.92. The van der Waals surface area contributed by atoms with Crippen molar-refractivity contribution in [1.82, 2.24) is 19.7 Å². The van der Waals surface area contributed by atoms with Gasteiger partial charge in [0, 0.05) is 23.6 Å². The fourth-order valence-electron chi connectivity index (χ4n) is 3.18. The predicted molar refractivity (Wildman–Crippen MR) is 116 cm³/mol. The van der Waals surface area contributed by atoms with Gasteiger partial charge in [0.15, 0.2) is 11.0 Å². The van der Waals surface area contributed by atoms with Crippen LogP contribution in [-0.4, -0.2) is 31.4 Å². The van der Waals surface area contributed by atoms with Crippen molar-refractivity contribution in [2.24, 2.45) is 0 Å². The zero-order valence-electron chi connectivity index (χ0n) is 16.7. The minimum Gasteiger partial charge on any atom is -0.467 e. The molecule has 0 aliphatic rings. The second kappa shape index (κ2) is 8.96. The van der Waals surface area contributed by atoms with Crippen LogP contribution in [0.25, 0.3) is 11.4 Å². The summed E-state index contributed by atoms with van der Waals surface area (Å²) in [6.45, 7) is 4.48. The molecule has 30 heavy (non-hydrogen) atoms. The van der Waals surface area contributed by atoms with E-state index in [2.05, 4.69) is 26.6 Å². The molecule has 0 bridgehead atoms. The number of aryl methyl sites for hydroxylation is 2. The van der Waals surface area contributed by atoms with Gasteiger partial charge in [-0.15, -0.1) is 10.2 Å². The van der Waals surface area contributed by atoms with Gasteiger partial charge in [-0.05, 0) is 61.4 Å². The van der Waals surface area contributed by atoms with Gasteiger partial charge in [0.25, 0.3) is 0 Å². The minimum absolute atomic E-state index is 0.0968. The van der Waals surface area contributed by atoms with Crippen LogP contribution in [0, 0.1) is 13.8 Å². The van der Waals surface area contributed by atoms with Crippen LogP contribution in [0.5, 0.6) is 0 Å². The van der Waals surface area contributed by atoms with E-state index in [-0.39, 0.29) is 11.7 Å². The summed E-state index contributed by atoms with van der Waals surface area (Å²) in [6, 6.07) is 13.5. The van der Waals surface area contributed by atoms with Crippen molar-refractivity contribution in [3.05, 3.63) is 78.0 Å². The Morgan fingerprint density at radius 2 is 1.97 bits per heavy atom. The van der Waals surface area contributed by atoms with Crippen molar-refractivity contribution in [2.45, 2.75) is 25.5 Å². The summed E-state index contributed by atoms with van der Waals surface area (Å²) in [5.41, 5.74) is 3.86. The molecule has 3 aromatic heterocycles. The number of amides is 1. The predicted octanol–water partition coefficient (Wildman–Crippen LogP) is 4.33. The summed E-state index contributed by atoms with van der Waals surface area (Å²) in [7, 11) is 0. The van der Waals surface area contributed by atoms with Crippen molar-refractivity contribution in [3.8, 4) is 11.4 Å². The zero-order valence-corrected chi connectivity index (χ0v) is 17.5. The maximum Gasteiger partial charge on any atom is 0.234 e. The van der Waals surface area contributed by atoms with Crippen LogP contribution in [0.15, 0.2) is 70.7 Å². The van der Waals surface area contributed by atoms with E-state index in [1.165, 1.54) is 11.8 Å². The van der Waals surface area contributed by atoms with Gasteiger partial charge >= 0.3 is 0 Å². The monoisotopic (exact) mass is 419 g/mol. The Morgan fingerprint density at radius 1 is 1.13 bits per heavy atom. The Morgan fingerprint density at radius 3 is 2.67 bits per heavy atom. The number of furan rings is 1. The first-order chi connectivity index (χ1) is 14.6. The first-order valence-electron chi connectivity index (χ1n) is 9.45. The van der Waals surface area contributed by atoms with Gasteiger partial charge in [-0.25, -0.2) is 0 Å². The highest BCUT2D eigenvalue weighted by Gasteiger charge is 2.17. The van der Waals surface area contributed by atoms with Crippen LogP contribution >= 0.6 is 11.8 Å². The molecule has 0 spiro atoms. The van der Waals surface area contributed by atoms with E-state index in [0.29, 0.717) is 17.5 Å². The highest BCUT2D eigenvalue weighted by Crippen LogP contribution is 2.25. The molecule has 0 radical (unpaired) electrons. The lowest BCUT2D eigenvalue weighted by atomic mass is 10.1. The summed E-state index contributed by atoms with van der Waals surface area (Å²) in [5.74, 6) is 1.58. The van der Waals surface area contributed by atoms with E-state index in [1.54, 1.807) is 18.7 Å². The molecule has 1 amide bonds. The molecule has 0 aliphatic heterocycles. The number of anilines is 1. The van der Waals surface area contributed by atoms with E-state index in [0.717, 1.165) is 28.1 Å². The quantitative estimate of drug-likeness (QED) is 0.449. The maximum atomic E-state index is 12.5. The molecule has 4 aromatic rings. The summed E-state index contributed by atoms with van der Waals surface area (Å²) in [6.07, 6.45) is 5.08. The molecule has 1 aromatic carbocycles. The SMILES string of the molecule is Cc1cc(C)cc(NC(=O)CSc2nnc(-c3cccnc3)n2Cc2ccco2)c1. The Kier molecular flexibility index (Phi) is 5.94. The number of hydrogen-bond acceptors (Lipinski definition) is 6. The molecule has 0 fully saturated rings. The van der Waals surface area contributed by atoms with Gasteiger partial charge in [-0.2, -0.15) is 0 Å². The Bertz CT molecular complexity index is 1120. The zero-order chi connectivity index (χ0) is 20.9. The molecule has 7 nitrogen and oxygen atoms in total. The highest BCUT2D eigenvalue weighted by atomic mass is 32.2. The molecule has 0 unspecified atom stereocenters. The van der Waals surface area contributed by atoms with Gasteiger partial charge in [-0.1, -0.05) is 17.8 Å². The summed E-state index contributed by atoms with van der Waals surface area (Å²) >= 11 is 1.34. The van der Waals surface area contributed by atoms with E-state index in [1.807, 2.05) is 54.8 Å². The normalized spacial score (nSPS) is 10.9. The van der Waals surface area contributed by atoms with Gasteiger partial charge in [-0.3, -0.25) is 14.3 Å². The Balaban J connectivity index is 1.52. The summed E-state index contributed by atoms with van der Waals surface area (Å²) in [5, 5.41) is 12.2. The van der Waals surface area contributed by atoms with Crippen molar-refractivity contribution in [2.75, 3.05) is 11.1 Å². The third-order valence-corrected chi connectivity index (χ3v) is 5.34. The molecule has 0 saturated heterocycles. The molecule has 8 heteroatoms. The first-order valence-corrected chi connectivity index (χ1v) is 10.4. The number of pyridine rings is 1. The minimum atomic E-state index is -0.0968. The van der Waals surface area contributed by atoms with Crippen LogP contribution in [0.3, 0.4) is 0 Å². The first kappa shape index (κ1) is 19.9. The van der Waals surface area contributed by atoms with Crippen molar-refractivity contribution < 1.29 is 9.21 Å². The second-order valence-electron chi connectivity index (χ2n) is 6.93. The molecule has 0 aliphatic carbocycles. The van der Waals surface area contributed by atoms with Crippen LogP contribution in [0.1, 0.15) is 16.9 Å². The van der Waals surface area contributed by atoms with Gasteiger partial charge in [0.2, 0.25) is 5.91 Å². The van der Waals surface area contributed by atoms with Crippen molar-refractivity contribution in [3.63, 3.8) is 0 Å². The molecule has 1 N–H and O–H groups in total. The summed E-state index contributed by atoms with van der Waals surface area (Å²) < 4.78 is 7.43. The number of benzene rings is 1. The van der Waals surface area contributed by atoms with Crippen LogP contribution < -0.4 is 5.32 Å². The maximum absolute atomic E-state index is 12.5. The topological polar surface area (TPSA) is 85.8 Å². The molecule has 0 atom stereocenters. The largest absolute Gasteiger partial charge is 0.467 e. The number of hydrogen-bond donors (Lipinski definition) is 1. The molecular weight excluding hydrogens is 398 g/mol. The molecule has 4 rings (SSSR count). The number of thioether (sulfide) groups is 1. The third-order valence-electron chi connectivity index (χ3n) is 4.37. The fraction of sp³-hybridized carbons (Fsp3) is 0.182. The van der Waals surface area contributed by atoms with Gasteiger partial charge < -0.3 is 9.73 Å².